The zero-order chi connectivity index (χ0) is 32.2. The van der Waals surface area contributed by atoms with Crippen molar-refractivity contribution in [3.8, 4) is 17.2 Å². The molecule has 10 heteroatoms. The Morgan fingerprint density at radius 1 is 0.800 bits per heavy atom. The van der Waals surface area contributed by atoms with Crippen LogP contribution in [0.4, 0.5) is 5.69 Å². The number of carbonyl (C=O) groups is 2. The molecule has 9 nitrogen and oxygen atoms in total. The van der Waals surface area contributed by atoms with Crippen molar-refractivity contribution < 1.29 is 27.5 Å². The van der Waals surface area contributed by atoms with Crippen LogP contribution in [0.5, 0.6) is 17.2 Å². The van der Waals surface area contributed by atoms with E-state index in [0.29, 0.717) is 30.2 Å². The molecule has 0 saturated carbocycles. The molecular weight excluding hydrogens is 590 g/mol. The van der Waals surface area contributed by atoms with E-state index in [9.17, 15) is 18.0 Å². The number of sulfonamides is 1. The van der Waals surface area contributed by atoms with Crippen LogP contribution in [-0.2, 0) is 26.2 Å². The third-order valence-electron chi connectivity index (χ3n) is 7.14. The molecule has 2 amide bonds. The average Bonchev–Trinajstić information content (AvgIpc) is 3.07. The minimum atomic E-state index is -4.18. The van der Waals surface area contributed by atoms with E-state index in [-0.39, 0.29) is 23.0 Å². The molecule has 236 valence electrons. The van der Waals surface area contributed by atoms with Gasteiger partial charge in [-0.2, -0.15) is 0 Å². The first kappa shape index (κ1) is 33.1. The van der Waals surface area contributed by atoms with E-state index in [4.69, 9.17) is 9.47 Å². The largest absolute Gasteiger partial charge is 0.497 e. The smallest absolute Gasteiger partial charge is 0.264 e. The van der Waals surface area contributed by atoms with Gasteiger partial charge in [0.25, 0.3) is 10.0 Å². The Kier molecular flexibility index (Phi) is 11.6. The maximum Gasteiger partial charge on any atom is 0.264 e. The first-order valence-corrected chi connectivity index (χ1v) is 16.3. The van der Waals surface area contributed by atoms with E-state index in [0.717, 1.165) is 16.3 Å². The molecule has 0 aromatic heterocycles. The third kappa shape index (κ3) is 8.63. The Morgan fingerprint density at radius 2 is 1.42 bits per heavy atom. The molecule has 0 heterocycles. The van der Waals surface area contributed by atoms with E-state index in [1.165, 1.54) is 17.0 Å². The highest BCUT2D eigenvalue weighted by Gasteiger charge is 2.33. The lowest BCUT2D eigenvalue weighted by atomic mass is 10.1. The normalized spacial score (nSPS) is 11.7. The second kappa shape index (κ2) is 15.8. The first-order valence-electron chi connectivity index (χ1n) is 14.9. The monoisotopic (exact) mass is 629 g/mol. The van der Waals surface area contributed by atoms with Crippen LogP contribution in [-0.4, -0.2) is 51.4 Å². The molecule has 0 bridgehead atoms. The van der Waals surface area contributed by atoms with Crippen LogP contribution in [0.25, 0.3) is 0 Å². The van der Waals surface area contributed by atoms with Crippen molar-refractivity contribution in [2.45, 2.75) is 44.2 Å². The zero-order valence-electron chi connectivity index (χ0n) is 25.8. The number of benzene rings is 4. The number of rotatable bonds is 15. The summed E-state index contributed by atoms with van der Waals surface area (Å²) in [5.41, 5.74) is 1.02. The van der Waals surface area contributed by atoms with Gasteiger partial charge in [-0.15, -0.1) is 0 Å². The highest BCUT2D eigenvalue weighted by Crippen LogP contribution is 2.29. The first-order chi connectivity index (χ1) is 21.8. The van der Waals surface area contributed by atoms with Gasteiger partial charge >= 0.3 is 0 Å². The quantitative estimate of drug-likeness (QED) is 0.173. The molecule has 1 unspecified atom stereocenters. The summed E-state index contributed by atoms with van der Waals surface area (Å²) in [4.78, 5) is 29.0. The molecule has 4 aromatic carbocycles. The van der Waals surface area contributed by atoms with E-state index in [1.807, 2.05) is 50.2 Å². The summed E-state index contributed by atoms with van der Waals surface area (Å²) in [6, 6.07) is 30.1. The maximum absolute atomic E-state index is 14.2. The fraction of sp³-hybridized carbons (Fsp3) is 0.257. The lowest BCUT2D eigenvalue weighted by Crippen LogP contribution is -2.52. The van der Waals surface area contributed by atoms with Crippen molar-refractivity contribution in [3.05, 3.63) is 115 Å². The molecule has 1 atom stereocenters. The standard InChI is InChI=1S/C35H39N3O6S/c1-4-23-36-35(40)33(5-2)37(25-27-13-12-16-31(24-27)43-3)34(39)26-38(45(41,42)32-17-10-7-11-18-32)28-19-21-30(22-20-28)44-29-14-8-6-9-15-29/h6-22,24,33H,4-5,23,25-26H2,1-3H3,(H,36,40). The SMILES string of the molecule is CCCNC(=O)C(CC)N(Cc1cccc(OC)c1)C(=O)CN(c1ccc(Oc2ccccc2)cc1)S(=O)(=O)c1ccccc1. The van der Waals surface area contributed by atoms with Crippen LogP contribution in [0.3, 0.4) is 0 Å². The minimum absolute atomic E-state index is 0.0366. The molecule has 0 saturated heterocycles. The fourth-order valence-electron chi connectivity index (χ4n) is 4.81. The van der Waals surface area contributed by atoms with Gasteiger partial charge in [0.2, 0.25) is 11.8 Å². The Balaban J connectivity index is 1.71. The number of anilines is 1. The molecule has 4 aromatic rings. The average molecular weight is 630 g/mol. The van der Waals surface area contributed by atoms with Gasteiger partial charge in [0.1, 0.15) is 29.8 Å². The molecule has 0 fully saturated rings. The predicted molar refractivity (Wildman–Crippen MR) is 175 cm³/mol. The molecule has 1 N–H and O–H groups in total. The number of nitrogens with zero attached hydrogens (tertiary/aromatic N) is 2. The van der Waals surface area contributed by atoms with Crippen molar-refractivity contribution >= 4 is 27.5 Å². The second-order valence-corrected chi connectivity index (χ2v) is 12.2. The molecule has 0 aliphatic carbocycles. The van der Waals surface area contributed by atoms with Crippen LogP contribution in [0.2, 0.25) is 0 Å². The number of carbonyl (C=O) groups excluding carboxylic acids is 2. The number of ether oxygens (including phenoxy) is 2. The molecule has 0 radical (unpaired) electrons. The molecule has 45 heavy (non-hydrogen) atoms. The van der Waals surface area contributed by atoms with Crippen molar-refractivity contribution in [2.24, 2.45) is 0 Å². The summed E-state index contributed by atoms with van der Waals surface area (Å²) in [6.45, 7) is 3.78. The van der Waals surface area contributed by atoms with E-state index >= 15 is 0 Å². The van der Waals surface area contributed by atoms with Crippen molar-refractivity contribution in [1.29, 1.82) is 0 Å². The zero-order valence-corrected chi connectivity index (χ0v) is 26.6. The predicted octanol–water partition coefficient (Wildman–Crippen LogP) is 6.02. The van der Waals surface area contributed by atoms with Crippen LogP contribution in [0.1, 0.15) is 32.3 Å². The Hall–Kier alpha value is -4.83. The molecule has 0 spiro atoms. The minimum Gasteiger partial charge on any atom is -0.497 e. The van der Waals surface area contributed by atoms with Gasteiger partial charge in [-0.1, -0.05) is 62.4 Å². The number of hydrogen-bond donors (Lipinski definition) is 1. The van der Waals surface area contributed by atoms with Crippen molar-refractivity contribution in [3.63, 3.8) is 0 Å². The number of hydrogen-bond acceptors (Lipinski definition) is 6. The Labute approximate surface area is 265 Å². The summed E-state index contributed by atoms with van der Waals surface area (Å²) in [5, 5.41) is 2.89. The summed E-state index contributed by atoms with van der Waals surface area (Å²) in [7, 11) is -2.63. The highest BCUT2D eigenvalue weighted by atomic mass is 32.2. The Bertz CT molecular complexity index is 1650. The summed E-state index contributed by atoms with van der Waals surface area (Å²) >= 11 is 0. The van der Waals surface area contributed by atoms with Crippen LogP contribution in [0, 0.1) is 0 Å². The Morgan fingerprint density at radius 3 is 2.04 bits per heavy atom. The maximum atomic E-state index is 14.2. The molecule has 0 aliphatic rings. The van der Waals surface area contributed by atoms with Gasteiger partial charge in [0.15, 0.2) is 0 Å². The summed E-state index contributed by atoms with van der Waals surface area (Å²) in [5.74, 6) is 0.923. The topological polar surface area (TPSA) is 105 Å². The number of nitrogens with one attached hydrogen (secondary N) is 1. The van der Waals surface area contributed by atoms with Gasteiger partial charge in [-0.3, -0.25) is 13.9 Å². The van der Waals surface area contributed by atoms with Crippen molar-refractivity contribution in [2.75, 3.05) is 24.5 Å². The summed E-state index contributed by atoms with van der Waals surface area (Å²) < 4.78 is 40.4. The van der Waals surface area contributed by atoms with Crippen LogP contribution >= 0.6 is 0 Å². The van der Waals surface area contributed by atoms with E-state index in [1.54, 1.807) is 67.8 Å². The second-order valence-electron chi connectivity index (χ2n) is 10.3. The van der Waals surface area contributed by atoms with E-state index in [2.05, 4.69) is 5.32 Å². The molecular formula is C35H39N3O6S. The third-order valence-corrected chi connectivity index (χ3v) is 8.92. The lowest BCUT2D eigenvalue weighted by Gasteiger charge is -2.33. The van der Waals surface area contributed by atoms with Crippen LogP contribution < -0.4 is 19.1 Å². The van der Waals surface area contributed by atoms with E-state index < -0.39 is 28.5 Å². The molecule has 4 rings (SSSR count). The number of para-hydroxylation sites is 1. The van der Waals surface area contributed by atoms with Crippen molar-refractivity contribution in [1.82, 2.24) is 10.2 Å². The van der Waals surface area contributed by atoms with Gasteiger partial charge in [-0.25, -0.2) is 8.42 Å². The highest BCUT2D eigenvalue weighted by molar-refractivity contribution is 7.92. The number of methoxy groups -OCH3 is 1. The lowest BCUT2D eigenvalue weighted by molar-refractivity contribution is -0.140. The molecule has 0 aliphatic heterocycles. The van der Waals surface area contributed by atoms with Crippen LogP contribution in [0.15, 0.2) is 114 Å². The van der Waals surface area contributed by atoms with Gasteiger partial charge in [0, 0.05) is 13.1 Å². The van der Waals surface area contributed by atoms with Gasteiger partial charge in [0.05, 0.1) is 17.7 Å². The summed E-state index contributed by atoms with van der Waals surface area (Å²) in [6.07, 6.45) is 1.07. The number of amides is 2. The fourth-order valence-corrected chi connectivity index (χ4v) is 6.24. The van der Waals surface area contributed by atoms with Gasteiger partial charge < -0.3 is 19.7 Å². The van der Waals surface area contributed by atoms with Gasteiger partial charge in [-0.05, 0) is 79.1 Å².